The Morgan fingerprint density at radius 3 is 2.62 bits per heavy atom. The van der Waals surface area contributed by atoms with Gasteiger partial charge in [-0.25, -0.2) is 4.39 Å². The molecule has 1 atom stereocenters. The third kappa shape index (κ3) is 4.52. The summed E-state index contributed by atoms with van der Waals surface area (Å²) in [5.74, 6) is 1.33. The van der Waals surface area contributed by atoms with Gasteiger partial charge in [-0.3, -0.25) is 4.90 Å². The fourth-order valence-electron chi connectivity index (χ4n) is 4.87. The van der Waals surface area contributed by atoms with E-state index in [1.54, 1.807) is 18.3 Å². The maximum absolute atomic E-state index is 13.1. The molecule has 2 fully saturated rings. The van der Waals surface area contributed by atoms with Crippen molar-refractivity contribution in [2.24, 2.45) is 0 Å². The lowest BCUT2D eigenvalue weighted by atomic mass is 9.90. The monoisotopic (exact) mass is 464 g/mol. The lowest BCUT2D eigenvalue weighted by Gasteiger charge is -2.40. The number of hydrogen-bond donors (Lipinski definition) is 1. The molecule has 1 aliphatic carbocycles. The van der Waals surface area contributed by atoms with Gasteiger partial charge in [-0.2, -0.15) is 5.10 Å². The number of methoxy groups -OCH3 is 1. The third-order valence-electron chi connectivity index (χ3n) is 6.94. The van der Waals surface area contributed by atoms with Crippen LogP contribution in [0.25, 0.3) is 22.4 Å². The molecule has 0 radical (unpaired) electrons. The first kappa shape index (κ1) is 22.5. The predicted octanol–water partition coefficient (Wildman–Crippen LogP) is 3.72. The van der Waals surface area contributed by atoms with E-state index in [0.29, 0.717) is 35.8 Å². The highest BCUT2D eigenvalue weighted by atomic mass is 19.1. The number of rotatable bonds is 8. The van der Waals surface area contributed by atoms with Gasteiger partial charge in [0.05, 0.1) is 19.0 Å². The zero-order valence-corrected chi connectivity index (χ0v) is 19.3. The topological polar surface area (TPSA) is 87.5 Å². The Hall–Kier alpha value is -3.33. The molecule has 8 nitrogen and oxygen atoms in total. The molecule has 1 aromatic carbocycles. The smallest absolute Gasteiger partial charge is 0.233 e. The van der Waals surface area contributed by atoms with Gasteiger partial charge in [0.2, 0.25) is 5.88 Å². The number of aromatic nitrogens is 4. The predicted molar refractivity (Wildman–Crippen MR) is 128 cm³/mol. The summed E-state index contributed by atoms with van der Waals surface area (Å²) in [6.07, 6.45) is 6.24. The van der Waals surface area contributed by atoms with Crippen LogP contribution >= 0.6 is 0 Å². The van der Waals surface area contributed by atoms with E-state index in [0.717, 1.165) is 36.5 Å². The molecule has 2 aliphatic rings. The molecule has 34 heavy (non-hydrogen) atoms. The van der Waals surface area contributed by atoms with Gasteiger partial charge in [-0.1, -0.05) is 12.5 Å². The molecule has 1 unspecified atom stereocenters. The molecule has 3 heterocycles. The highest BCUT2D eigenvalue weighted by molar-refractivity contribution is 5.74. The number of anilines is 1. The van der Waals surface area contributed by atoms with Crippen LogP contribution in [-0.4, -0.2) is 75.9 Å². The van der Waals surface area contributed by atoms with Crippen LogP contribution < -0.4 is 9.64 Å². The number of ether oxygens (including phenoxy) is 1. The summed E-state index contributed by atoms with van der Waals surface area (Å²) in [6.45, 7) is 1.95. The molecular formula is C25H29FN6O2. The fraction of sp³-hybridized carbons (Fsp3) is 0.440. The Kier molecular flexibility index (Phi) is 6.53. The summed E-state index contributed by atoms with van der Waals surface area (Å²) < 4.78 is 18.2. The lowest BCUT2D eigenvalue weighted by Crippen LogP contribution is -2.48. The molecule has 178 valence electrons. The molecule has 3 aromatic rings. The maximum atomic E-state index is 13.1. The van der Waals surface area contributed by atoms with Crippen LogP contribution in [0.4, 0.5) is 10.2 Å². The summed E-state index contributed by atoms with van der Waals surface area (Å²) in [5.41, 5.74) is 2.80. The molecule has 1 saturated carbocycles. The Balaban J connectivity index is 1.28. The second-order valence-corrected chi connectivity index (χ2v) is 8.90. The average molecular weight is 465 g/mol. The molecule has 0 amide bonds. The van der Waals surface area contributed by atoms with Gasteiger partial charge in [-0.05, 0) is 49.1 Å². The molecule has 5 rings (SSSR count). The first-order valence-corrected chi connectivity index (χ1v) is 11.8. The largest absolute Gasteiger partial charge is 0.507 e. The van der Waals surface area contributed by atoms with Crippen molar-refractivity contribution in [2.75, 3.05) is 38.3 Å². The van der Waals surface area contributed by atoms with E-state index in [1.807, 2.05) is 24.3 Å². The minimum absolute atomic E-state index is 0.110. The van der Waals surface area contributed by atoms with E-state index in [1.165, 1.54) is 26.4 Å². The van der Waals surface area contributed by atoms with Gasteiger partial charge in [-0.15, -0.1) is 15.3 Å². The Labute approximate surface area is 198 Å². The van der Waals surface area contributed by atoms with Crippen LogP contribution in [0.3, 0.4) is 0 Å². The Morgan fingerprint density at radius 2 is 1.94 bits per heavy atom. The van der Waals surface area contributed by atoms with E-state index in [9.17, 15) is 9.50 Å². The first-order valence-electron chi connectivity index (χ1n) is 11.8. The van der Waals surface area contributed by atoms with Crippen LogP contribution in [-0.2, 0) is 0 Å². The van der Waals surface area contributed by atoms with Crippen LogP contribution in [0.1, 0.15) is 25.7 Å². The number of nitrogens with zero attached hydrogens (tertiary/aromatic N) is 6. The van der Waals surface area contributed by atoms with Gasteiger partial charge in [0.15, 0.2) is 5.82 Å². The summed E-state index contributed by atoms with van der Waals surface area (Å²) in [7, 11) is 1.54. The van der Waals surface area contributed by atoms with Crippen molar-refractivity contribution >= 4 is 5.82 Å². The Bertz CT molecular complexity index is 1120. The van der Waals surface area contributed by atoms with E-state index < -0.39 is 0 Å². The minimum atomic E-state index is -0.297. The molecular weight excluding hydrogens is 435 g/mol. The SMILES string of the molecule is COc1cc(-c2ccc(-c3ccc(N4CCC(N(CCF)C5CCC5)C4)nn3)c(O)c2)cnn1. The van der Waals surface area contributed by atoms with Gasteiger partial charge in [0.1, 0.15) is 12.4 Å². The zero-order valence-electron chi connectivity index (χ0n) is 19.3. The van der Waals surface area contributed by atoms with E-state index in [-0.39, 0.29) is 12.4 Å². The van der Waals surface area contributed by atoms with Crippen LogP contribution in [0, 0.1) is 0 Å². The number of alkyl halides is 1. The molecule has 1 aliphatic heterocycles. The normalized spacial score (nSPS) is 18.3. The molecule has 1 saturated heterocycles. The van der Waals surface area contributed by atoms with Gasteiger partial charge >= 0.3 is 0 Å². The van der Waals surface area contributed by atoms with Crippen LogP contribution in [0.5, 0.6) is 11.6 Å². The lowest BCUT2D eigenvalue weighted by molar-refractivity contribution is 0.0807. The Morgan fingerprint density at radius 1 is 1.06 bits per heavy atom. The van der Waals surface area contributed by atoms with Crippen molar-refractivity contribution in [3.63, 3.8) is 0 Å². The number of phenols is 1. The second kappa shape index (κ2) is 9.89. The van der Waals surface area contributed by atoms with E-state index in [2.05, 4.69) is 30.2 Å². The third-order valence-corrected chi connectivity index (χ3v) is 6.94. The standard InChI is InChI=1S/C25H29FN6O2/c1-34-25-14-18(15-27-30-25)17-5-6-21(23(33)13-17)22-7-8-24(29-28-22)31-11-9-20(16-31)32(12-10-26)19-3-2-4-19/h5-8,13-15,19-20,33H,2-4,9-12,16H2,1H3. The highest BCUT2D eigenvalue weighted by Crippen LogP contribution is 2.34. The van der Waals surface area contributed by atoms with E-state index in [4.69, 9.17) is 4.74 Å². The van der Waals surface area contributed by atoms with Crippen molar-refractivity contribution < 1.29 is 14.2 Å². The molecule has 1 N–H and O–H groups in total. The van der Waals surface area contributed by atoms with Gasteiger partial charge in [0.25, 0.3) is 0 Å². The average Bonchev–Trinajstić information content (AvgIpc) is 3.33. The molecule has 0 bridgehead atoms. The number of benzene rings is 1. The highest BCUT2D eigenvalue weighted by Gasteiger charge is 2.34. The molecule has 9 heteroatoms. The van der Waals surface area contributed by atoms with Crippen LogP contribution in [0.15, 0.2) is 42.6 Å². The van der Waals surface area contributed by atoms with Crippen molar-refractivity contribution in [1.82, 2.24) is 25.3 Å². The van der Waals surface area contributed by atoms with Crippen molar-refractivity contribution in [3.8, 4) is 34.0 Å². The fourth-order valence-corrected chi connectivity index (χ4v) is 4.87. The number of halogens is 1. The number of phenolic OH excluding ortho intramolecular Hbond substituents is 1. The summed E-state index contributed by atoms with van der Waals surface area (Å²) >= 11 is 0. The quantitative estimate of drug-likeness (QED) is 0.540. The number of hydrogen-bond acceptors (Lipinski definition) is 8. The molecule has 2 aromatic heterocycles. The van der Waals surface area contributed by atoms with Crippen LogP contribution in [0.2, 0.25) is 0 Å². The minimum Gasteiger partial charge on any atom is -0.507 e. The summed E-state index contributed by atoms with van der Waals surface area (Å²) in [5, 5.41) is 27.3. The first-order chi connectivity index (χ1) is 16.7. The summed E-state index contributed by atoms with van der Waals surface area (Å²) in [6, 6.07) is 11.9. The second-order valence-electron chi connectivity index (χ2n) is 8.90. The van der Waals surface area contributed by atoms with Gasteiger partial charge in [0, 0.05) is 48.9 Å². The zero-order chi connectivity index (χ0) is 23.5. The number of aromatic hydroxyl groups is 1. The maximum Gasteiger partial charge on any atom is 0.233 e. The van der Waals surface area contributed by atoms with Crippen molar-refractivity contribution in [1.29, 1.82) is 0 Å². The summed E-state index contributed by atoms with van der Waals surface area (Å²) in [4.78, 5) is 4.58. The van der Waals surface area contributed by atoms with Crippen molar-refractivity contribution in [3.05, 3.63) is 42.6 Å². The van der Waals surface area contributed by atoms with Gasteiger partial charge < -0.3 is 14.7 Å². The van der Waals surface area contributed by atoms with E-state index >= 15 is 0 Å². The van der Waals surface area contributed by atoms with Crippen molar-refractivity contribution in [2.45, 2.75) is 37.8 Å². The molecule has 0 spiro atoms.